The predicted octanol–water partition coefficient (Wildman–Crippen LogP) is 3.46. The Bertz CT molecular complexity index is 828. The number of nitrogens with zero attached hydrogens (tertiary/aromatic N) is 3. The molecule has 1 aromatic carbocycles. The van der Waals surface area contributed by atoms with Crippen LogP contribution < -0.4 is 0 Å². The summed E-state index contributed by atoms with van der Waals surface area (Å²) in [6.07, 6.45) is 3.58. The molecule has 0 bridgehead atoms. The molecule has 0 radical (unpaired) electrons. The number of aryl methyl sites for hydroxylation is 1. The van der Waals surface area contributed by atoms with Crippen molar-refractivity contribution in [1.82, 2.24) is 14.7 Å². The van der Waals surface area contributed by atoms with Crippen LogP contribution in [-0.4, -0.2) is 46.4 Å². The van der Waals surface area contributed by atoms with Gasteiger partial charge in [0, 0.05) is 35.4 Å². The first-order valence-corrected chi connectivity index (χ1v) is 9.19. The molecule has 0 spiro atoms. The molecule has 26 heavy (non-hydrogen) atoms. The summed E-state index contributed by atoms with van der Waals surface area (Å²) in [6, 6.07) is 7.76. The summed E-state index contributed by atoms with van der Waals surface area (Å²) in [5.41, 5.74) is 3.91. The maximum absolute atomic E-state index is 12.4. The van der Waals surface area contributed by atoms with Crippen LogP contribution in [0.2, 0.25) is 5.02 Å². The zero-order valence-electron chi connectivity index (χ0n) is 15.4. The van der Waals surface area contributed by atoms with Crippen LogP contribution in [0.4, 0.5) is 0 Å². The summed E-state index contributed by atoms with van der Waals surface area (Å²) in [6.45, 7) is 8.42. The summed E-state index contributed by atoms with van der Waals surface area (Å²) in [4.78, 5) is 14.2. The molecule has 1 aromatic heterocycles. The normalized spacial score (nSPS) is 17.8. The minimum absolute atomic E-state index is 0.0119. The molecule has 0 aliphatic carbocycles. The van der Waals surface area contributed by atoms with Gasteiger partial charge in [-0.3, -0.25) is 9.48 Å². The first-order valence-electron chi connectivity index (χ1n) is 8.81. The number of hydrogen-bond donors (Lipinski definition) is 0. The smallest absolute Gasteiger partial charge is 0.246 e. The summed E-state index contributed by atoms with van der Waals surface area (Å²) in [7, 11) is 0. The van der Waals surface area contributed by atoms with E-state index in [-0.39, 0.29) is 12.0 Å². The topological polar surface area (TPSA) is 47.4 Å². The quantitative estimate of drug-likeness (QED) is 0.771. The Labute approximate surface area is 159 Å². The summed E-state index contributed by atoms with van der Waals surface area (Å²) in [5.74, 6) is 0.0119. The highest BCUT2D eigenvalue weighted by Gasteiger charge is 2.20. The van der Waals surface area contributed by atoms with E-state index in [1.54, 1.807) is 6.08 Å². The van der Waals surface area contributed by atoms with Crippen molar-refractivity contribution in [2.75, 3.05) is 19.7 Å². The number of aromatic nitrogens is 2. The van der Waals surface area contributed by atoms with Crippen LogP contribution in [0, 0.1) is 13.8 Å². The van der Waals surface area contributed by atoms with Crippen LogP contribution in [0.5, 0.6) is 0 Å². The van der Waals surface area contributed by atoms with E-state index in [1.807, 2.05) is 60.7 Å². The van der Waals surface area contributed by atoms with Gasteiger partial charge in [0.1, 0.15) is 0 Å². The minimum atomic E-state index is 0.0119. The molecule has 1 atom stereocenters. The highest BCUT2D eigenvalue weighted by atomic mass is 35.5. The number of ether oxygens (including phenoxy) is 1. The van der Waals surface area contributed by atoms with Crippen molar-refractivity contribution in [3.63, 3.8) is 0 Å². The average molecular weight is 374 g/mol. The molecule has 1 amide bonds. The Morgan fingerprint density at radius 2 is 2.15 bits per heavy atom. The number of benzene rings is 1. The molecule has 1 aliphatic heterocycles. The van der Waals surface area contributed by atoms with E-state index in [0.717, 1.165) is 27.5 Å². The first-order chi connectivity index (χ1) is 12.5. The molecule has 6 heteroatoms. The van der Waals surface area contributed by atoms with E-state index >= 15 is 0 Å². The van der Waals surface area contributed by atoms with Crippen LogP contribution in [-0.2, 0) is 16.1 Å². The monoisotopic (exact) mass is 373 g/mol. The molecular weight excluding hydrogens is 350 g/mol. The van der Waals surface area contributed by atoms with E-state index in [9.17, 15) is 4.79 Å². The van der Waals surface area contributed by atoms with Crippen LogP contribution in [0.1, 0.15) is 29.4 Å². The minimum Gasteiger partial charge on any atom is -0.375 e. The number of rotatable bonds is 4. The second-order valence-electron chi connectivity index (χ2n) is 6.63. The second kappa shape index (κ2) is 8.06. The van der Waals surface area contributed by atoms with Crippen molar-refractivity contribution < 1.29 is 9.53 Å². The lowest BCUT2D eigenvalue weighted by Crippen LogP contribution is -2.43. The van der Waals surface area contributed by atoms with Gasteiger partial charge in [0.2, 0.25) is 5.91 Å². The number of morpholine rings is 1. The lowest BCUT2D eigenvalue weighted by molar-refractivity contribution is -0.132. The third-order valence-electron chi connectivity index (χ3n) is 4.66. The van der Waals surface area contributed by atoms with Crippen molar-refractivity contribution in [2.24, 2.45) is 0 Å². The fourth-order valence-electron chi connectivity index (χ4n) is 3.17. The lowest BCUT2D eigenvalue weighted by atomic mass is 10.1. The van der Waals surface area contributed by atoms with Gasteiger partial charge < -0.3 is 9.64 Å². The van der Waals surface area contributed by atoms with Crippen molar-refractivity contribution in [3.05, 3.63) is 57.9 Å². The Morgan fingerprint density at radius 3 is 2.88 bits per heavy atom. The van der Waals surface area contributed by atoms with Crippen LogP contribution >= 0.6 is 11.6 Å². The van der Waals surface area contributed by atoms with Crippen molar-refractivity contribution in [3.8, 4) is 0 Å². The summed E-state index contributed by atoms with van der Waals surface area (Å²) >= 11 is 6.26. The van der Waals surface area contributed by atoms with E-state index in [1.165, 1.54) is 0 Å². The molecule has 1 unspecified atom stereocenters. The van der Waals surface area contributed by atoms with Gasteiger partial charge in [0.25, 0.3) is 0 Å². The fraction of sp³-hybridized carbons (Fsp3) is 0.400. The average Bonchev–Trinajstić information content (AvgIpc) is 2.88. The van der Waals surface area contributed by atoms with Crippen LogP contribution in [0.25, 0.3) is 6.08 Å². The zero-order chi connectivity index (χ0) is 18.7. The second-order valence-corrected chi connectivity index (χ2v) is 7.04. The Morgan fingerprint density at radius 1 is 1.38 bits per heavy atom. The van der Waals surface area contributed by atoms with Crippen LogP contribution in [0.3, 0.4) is 0 Å². The third kappa shape index (κ3) is 4.17. The zero-order valence-corrected chi connectivity index (χ0v) is 16.2. The number of halogens is 1. The van der Waals surface area contributed by atoms with Gasteiger partial charge in [-0.2, -0.15) is 5.10 Å². The number of hydrogen-bond acceptors (Lipinski definition) is 3. The molecule has 5 nitrogen and oxygen atoms in total. The van der Waals surface area contributed by atoms with Gasteiger partial charge in [-0.05, 0) is 38.5 Å². The molecule has 138 valence electrons. The fourth-order valence-corrected chi connectivity index (χ4v) is 3.37. The molecule has 1 aliphatic rings. The van der Waals surface area contributed by atoms with E-state index in [4.69, 9.17) is 16.3 Å². The van der Waals surface area contributed by atoms with Gasteiger partial charge in [-0.1, -0.05) is 29.8 Å². The highest BCUT2D eigenvalue weighted by Crippen LogP contribution is 2.20. The van der Waals surface area contributed by atoms with Crippen molar-refractivity contribution >= 4 is 23.6 Å². The van der Waals surface area contributed by atoms with Crippen molar-refractivity contribution in [1.29, 1.82) is 0 Å². The molecule has 0 saturated carbocycles. The maximum atomic E-state index is 12.4. The molecule has 3 rings (SSSR count). The largest absolute Gasteiger partial charge is 0.375 e. The maximum Gasteiger partial charge on any atom is 0.246 e. The van der Waals surface area contributed by atoms with Crippen molar-refractivity contribution in [2.45, 2.75) is 33.4 Å². The molecule has 1 saturated heterocycles. The summed E-state index contributed by atoms with van der Waals surface area (Å²) in [5, 5.41) is 5.34. The van der Waals surface area contributed by atoms with Gasteiger partial charge in [0.05, 0.1) is 24.9 Å². The van der Waals surface area contributed by atoms with Crippen LogP contribution in [0.15, 0.2) is 30.3 Å². The number of carbonyl (C=O) groups excluding carboxylic acids is 1. The van der Waals surface area contributed by atoms with E-state index in [2.05, 4.69) is 5.10 Å². The molecule has 0 N–H and O–H groups in total. The first kappa shape index (κ1) is 18.7. The number of amides is 1. The highest BCUT2D eigenvalue weighted by molar-refractivity contribution is 6.31. The van der Waals surface area contributed by atoms with Gasteiger partial charge in [0.15, 0.2) is 0 Å². The Kier molecular flexibility index (Phi) is 5.79. The lowest BCUT2D eigenvalue weighted by Gasteiger charge is -2.30. The Hall–Kier alpha value is -2.11. The van der Waals surface area contributed by atoms with Gasteiger partial charge in [-0.15, -0.1) is 0 Å². The third-order valence-corrected chi connectivity index (χ3v) is 5.03. The SMILES string of the molecule is Cc1nn(Cc2ccccc2Cl)c(C)c1/C=C/C(=O)N1CCOC(C)C1. The molecular formula is C20H24ClN3O2. The Balaban J connectivity index is 1.75. The molecule has 2 heterocycles. The number of carbonyl (C=O) groups is 1. The van der Waals surface area contributed by atoms with E-state index in [0.29, 0.717) is 26.2 Å². The molecule has 2 aromatic rings. The molecule has 1 fully saturated rings. The predicted molar refractivity (Wildman–Crippen MR) is 103 cm³/mol. The van der Waals surface area contributed by atoms with Gasteiger partial charge >= 0.3 is 0 Å². The van der Waals surface area contributed by atoms with E-state index < -0.39 is 0 Å². The summed E-state index contributed by atoms with van der Waals surface area (Å²) < 4.78 is 7.41. The van der Waals surface area contributed by atoms with Gasteiger partial charge in [-0.25, -0.2) is 0 Å². The standard InChI is InChI=1S/C20H24ClN3O2/c1-14-12-23(10-11-26-14)20(25)9-8-18-15(2)22-24(16(18)3)13-17-6-4-5-7-19(17)21/h4-9,14H,10-13H2,1-3H3/b9-8+.